The summed E-state index contributed by atoms with van der Waals surface area (Å²) in [4.78, 5) is 47.5. The standard InChI is InChI=1S/C31H26ClF4N5O4/c32-23-4-2-1-3-22(23)27(28(43)39-20-5-8-31(35,36)9-6-20)40(21-13-18(33)12-19(34)14-21)29(44)24-15-25(42)30(45)41(24)26-11-17(16-37)7-10-38-26/h1-4,7,10-14,20,24-25,27,42H,5-6,8-9,15H2,(H,39,43)/t24?,25-,27-/m1/s1. The number of pyridine rings is 1. The highest BCUT2D eigenvalue weighted by Crippen LogP contribution is 2.38. The van der Waals surface area contributed by atoms with Gasteiger partial charge in [0.1, 0.15) is 35.6 Å². The molecular formula is C31H26ClF4N5O4. The average molecular weight is 644 g/mol. The molecule has 0 bridgehead atoms. The highest BCUT2D eigenvalue weighted by Gasteiger charge is 2.48. The van der Waals surface area contributed by atoms with Crippen LogP contribution in [0.15, 0.2) is 60.8 Å². The van der Waals surface area contributed by atoms with Crippen LogP contribution < -0.4 is 15.1 Å². The van der Waals surface area contributed by atoms with E-state index in [1.54, 1.807) is 6.07 Å². The van der Waals surface area contributed by atoms with Gasteiger partial charge < -0.3 is 10.4 Å². The van der Waals surface area contributed by atoms with Gasteiger partial charge in [-0.15, -0.1) is 0 Å². The first kappa shape index (κ1) is 31.9. The largest absolute Gasteiger partial charge is 0.383 e. The van der Waals surface area contributed by atoms with E-state index in [9.17, 15) is 42.3 Å². The van der Waals surface area contributed by atoms with Gasteiger partial charge in [-0.3, -0.25) is 24.2 Å². The quantitative estimate of drug-likeness (QED) is 0.356. The van der Waals surface area contributed by atoms with E-state index in [2.05, 4.69) is 10.3 Å². The molecule has 5 rings (SSSR count). The molecule has 1 aliphatic carbocycles. The van der Waals surface area contributed by atoms with Gasteiger partial charge in [-0.05, 0) is 43.2 Å². The number of aliphatic hydroxyl groups is 1. The van der Waals surface area contributed by atoms with Crippen molar-refractivity contribution in [3.8, 4) is 6.07 Å². The van der Waals surface area contributed by atoms with E-state index in [0.717, 1.165) is 21.9 Å². The summed E-state index contributed by atoms with van der Waals surface area (Å²) < 4.78 is 57.0. The van der Waals surface area contributed by atoms with Gasteiger partial charge in [0, 0.05) is 48.2 Å². The Hall–Kier alpha value is -4.54. The molecule has 3 aromatic rings. The number of aromatic nitrogens is 1. The Morgan fingerprint density at radius 3 is 2.42 bits per heavy atom. The summed E-state index contributed by atoms with van der Waals surface area (Å²) in [5.41, 5.74) is -0.284. The average Bonchev–Trinajstić information content (AvgIpc) is 3.30. The van der Waals surface area contributed by atoms with Crippen molar-refractivity contribution >= 4 is 40.8 Å². The van der Waals surface area contributed by atoms with Gasteiger partial charge in [-0.1, -0.05) is 29.8 Å². The van der Waals surface area contributed by atoms with Gasteiger partial charge >= 0.3 is 0 Å². The minimum atomic E-state index is -2.89. The molecule has 2 heterocycles. The van der Waals surface area contributed by atoms with Crippen LogP contribution >= 0.6 is 11.6 Å². The summed E-state index contributed by atoms with van der Waals surface area (Å²) in [6.45, 7) is 0. The molecule has 1 saturated carbocycles. The molecule has 2 aromatic carbocycles. The maximum atomic E-state index is 14.6. The SMILES string of the molecule is N#Cc1ccnc(N2C(=O)[C@H](O)CC2C(=O)N(c2cc(F)cc(F)c2)[C@@H](C(=O)NC2CCC(F)(F)CC2)c2ccccc2Cl)c1. The summed E-state index contributed by atoms with van der Waals surface area (Å²) >= 11 is 6.50. The lowest BCUT2D eigenvalue weighted by Gasteiger charge is -2.37. The first-order valence-corrected chi connectivity index (χ1v) is 14.4. The summed E-state index contributed by atoms with van der Waals surface area (Å²) in [5.74, 6) is -8.05. The topological polar surface area (TPSA) is 127 Å². The van der Waals surface area contributed by atoms with Crippen LogP contribution in [0.4, 0.5) is 29.1 Å². The minimum absolute atomic E-state index is 0.00489. The molecule has 234 valence electrons. The summed E-state index contributed by atoms with van der Waals surface area (Å²) in [5, 5.41) is 22.6. The molecule has 14 heteroatoms. The van der Waals surface area contributed by atoms with E-state index < -0.39 is 84.5 Å². The highest BCUT2D eigenvalue weighted by molar-refractivity contribution is 6.31. The number of rotatable bonds is 7. The van der Waals surface area contributed by atoms with E-state index in [1.165, 1.54) is 36.5 Å². The van der Waals surface area contributed by atoms with Gasteiger partial charge in [0.25, 0.3) is 11.8 Å². The molecule has 9 nitrogen and oxygen atoms in total. The number of hydrogen-bond donors (Lipinski definition) is 2. The highest BCUT2D eigenvalue weighted by atomic mass is 35.5. The van der Waals surface area contributed by atoms with Crippen molar-refractivity contribution < 1.29 is 37.1 Å². The fourth-order valence-corrected chi connectivity index (χ4v) is 5.88. The molecule has 1 aliphatic heterocycles. The molecule has 3 amide bonds. The zero-order valence-corrected chi connectivity index (χ0v) is 24.2. The van der Waals surface area contributed by atoms with Crippen molar-refractivity contribution in [2.45, 2.75) is 62.3 Å². The van der Waals surface area contributed by atoms with E-state index in [1.807, 2.05) is 6.07 Å². The number of carbonyl (C=O) groups excluding carboxylic acids is 3. The van der Waals surface area contributed by atoms with Crippen molar-refractivity contribution in [1.82, 2.24) is 10.3 Å². The van der Waals surface area contributed by atoms with Crippen LogP contribution in [0.1, 0.15) is 49.3 Å². The van der Waals surface area contributed by atoms with E-state index in [0.29, 0.717) is 6.07 Å². The monoisotopic (exact) mass is 643 g/mol. The lowest BCUT2D eigenvalue weighted by atomic mass is 9.91. The molecule has 0 radical (unpaired) electrons. The lowest BCUT2D eigenvalue weighted by Crippen LogP contribution is -2.53. The zero-order valence-electron chi connectivity index (χ0n) is 23.5. The Balaban J connectivity index is 1.63. The van der Waals surface area contributed by atoms with E-state index >= 15 is 0 Å². The lowest BCUT2D eigenvalue weighted by molar-refractivity contribution is -0.128. The number of nitrogens with zero attached hydrogens (tertiary/aromatic N) is 4. The second-order valence-electron chi connectivity index (χ2n) is 10.9. The number of benzene rings is 2. The van der Waals surface area contributed by atoms with Crippen molar-refractivity contribution in [3.63, 3.8) is 0 Å². The van der Waals surface area contributed by atoms with Gasteiger partial charge in [0.15, 0.2) is 0 Å². The van der Waals surface area contributed by atoms with E-state index in [4.69, 9.17) is 11.6 Å². The number of nitriles is 1. The summed E-state index contributed by atoms with van der Waals surface area (Å²) in [7, 11) is 0. The Morgan fingerprint density at radius 1 is 1.11 bits per heavy atom. The third-order valence-corrected chi connectivity index (χ3v) is 8.16. The van der Waals surface area contributed by atoms with Gasteiger partial charge in [0.2, 0.25) is 11.8 Å². The maximum Gasteiger partial charge on any atom is 0.257 e. The molecular weight excluding hydrogens is 618 g/mol. The van der Waals surface area contributed by atoms with Gasteiger partial charge in [-0.2, -0.15) is 5.26 Å². The third kappa shape index (κ3) is 6.77. The fraction of sp³-hybridized carbons (Fsp3) is 0.323. The number of hydrogen-bond acceptors (Lipinski definition) is 6. The first-order chi connectivity index (χ1) is 21.4. The molecule has 2 aliphatic rings. The zero-order chi connectivity index (χ0) is 32.5. The molecule has 1 unspecified atom stereocenters. The number of aliphatic hydroxyl groups excluding tert-OH is 1. The summed E-state index contributed by atoms with van der Waals surface area (Å²) in [6.07, 6.45) is -2.02. The second kappa shape index (κ2) is 12.8. The fourth-order valence-electron chi connectivity index (χ4n) is 5.64. The number of nitrogens with one attached hydrogen (secondary N) is 1. The number of alkyl halides is 2. The molecule has 1 aromatic heterocycles. The van der Waals surface area contributed by atoms with Crippen LogP contribution in [-0.2, 0) is 14.4 Å². The smallest absolute Gasteiger partial charge is 0.257 e. The van der Waals surface area contributed by atoms with Crippen LogP contribution in [0.25, 0.3) is 0 Å². The van der Waals surface area contributed by atoms with Crippen LogP contribution in [0.2, 0.25) is 5.02 Å². The first-order valence-electron chi connectivity index (χ1n) is 14.0. The van der Waals surface area contributed by atoms with Crippen molar-refractivity contribution in [1.29, 1.82) is 5.26 Å². The van der Waals surface area contributed by atoms with Gasteiger partial charge in [0.05, 0.1) is 17.3 Å². The Kier molecular flexibility index (Phi) is 9.08. The second-order valence-corrected chi connectivity index (χ2v) is 11.3. The Labute approximate surface area is 260 Å². The molecule has 2 N–H and O–H groups in total. The van der Waals surface area contributed by atoms with E-state index in [-0.39, 0.29) is 34.8 Å². The van der Waals surface area contributed by atoms with Gasteiger partial charge in [-0.25, -0.2) is 22.5 Å². The number of halogens is 5. The molecule has 2 fully saturated rings. The molecule has 45 heavy (non-hydrogen) atoms. The Morgan fingerprint density at radius 2 is 1.78 bits per heavy atom. The third-order valence-electron chi connectivity index (χ3n) is 7.82. The Bertz CT molecular complexity index is 1660. The predicted octanol–water partition coefficient (Wildman–Crippen LogP) is 4.82. The molecule has 3 atom stereocenters. The molecule has 0 spiro atoms. The maximum absolute atomic E-state index is 14.6. The number of anilines is 2. The predicted molar refractivity (Wildman–Crippen MR) is 154 cm³/mol. The van der Waals surface area contributed by atoms with Crippen molar-refractivity contribution in [2.75, 3.05) is 9.80 Å². The van der Waals surface area contributed by atoms with Crippen molar-refractivity contribution in [3.05, 3.63) is 88.6 Å². The minimum Gasteiger partial charge on any atom is -0.383 e. The van der Waals surface area contributed by atoms with Crippen LogP contribution in [0.3, 0.4) is 0 Å². The number of amides is 3. The normalized spacial score (nSPS) is 20.4. The van der Waals surface area contributed by atoms with Crippen LogP contribution in [0, 0.1) is 23.0 Å². The van der Waals surface area contributed by atoms with Crippen molar-refractivity contribution in [2.24, 2.45) is 0 Å². The van der Waals surface area contributed by atoms with Crippen LogP contribution in [-0.4, -0.2) is 51.9 Å². The number of carbonyl (C=O) groups is 3. The summed E-state index contributed by atoms with van der Waals surface area (Å²) in [6, 6.07) is 8.62. The molecule has 1 saturated heterocycles. The van der Waals surface area contributed by atoms with Crippen LogP contribution in [0.5, 0.6) is 0 Å².